The van der Waals surface area contributed by atoms with Crippen molar-refractivity contribution in [2.45, 2.75) is 46.3 Å². The van der Waals surface area contributed by atoms with Gasteiger partial charge in [0.2, 0.25) is 0 Å². The zero-order valence-corrected chi connectivity index (χ0v) is 20.5. The van der Waals surface area contributed by atoms with Gasteiger partial charge in [-0.05, 0) is 81.0 Å². The third-order valence-electron chi connectivity index (χ3n) is 6.12. The lowest BCUT2D eigenvalue weighted by Crippen LogP contribution is -2.18. The van der Waals surface area contributed by atoms with Crippen molar-refractivity contribution < 1.29 is 14.3 Å². The van der Waals surface area contributed by atoms with Crippen molar-refractivity contribution in [3.8, 4) is 29.1 Å². The molecule has 5 rings (SSSR count). The predicted molar refractivity (Wildman–Crippen MR) is 137 cm³/mol. The van der Waals surface area contributed by atoms with Gasteiger partial charge in [-0.15, -0.1) is 0 Å². The molecule has 8 nitrogen and oxygen atoms in total. The smallest absolute Gasteiger partial charge is 0.411 e. The maximum Gasteiger partial charge on any atom is 0.411 e. The van der Waals surface area contributed by atoms with Crippen molar-refractivity contribution in [3.63, 3.8) is 0 Å². The van der Waals surface area contributed by atoms with E-state index in [0.29, 0.717) is 22.9 Å². The fourth-order valence-electron chi connectivity index (χ4n) is 4.30. The molecule has 8 heteroatoms. The number of nitriles is 1. The average Bonchev–Trinajstić information content (AvgIpc) is 3.62. The van der Waals surface area contributed by atoms with E-state index in [-0.39, 0.29) is 12.1 Å². The van der Waals surface area contributed by atoms with Crippen LogP contribution in [-0.4, -0.2) is 26.7 Å². The van der Waals surface area contributed by atoms with Crippen LogP contribution in [0.2, 0.25) is 0 Å². The number of hydrogen-bond donors (Lipinski definition) is 1. The number of anilines is 1. The summed E-state index contributed by atoms with van der Waals surface area (Å²) in [4.78, 5) is 20.4. The molecule has 1 amide bonds. The lowest BCUT2D eigenvalue weighted by Gasteiger charge is -2.15. The van der Waals surface area contributed by atoms with Crippen LogP contribution in [0, 0.1) is 24.2 Å². The summed E-state index contributed by atoms with van der Waals surface area (Å²) in [7, 11) is 0. The Kier molecular flexibility index (Phi) is 6.30. The number of hydrogen-bond acceptors (Lipinski definition) is 6. The van der Waals surface area contributed by atoms with Gasteiger partial charge in [0.1, 0.15) is 11.8 Å². The first-order chi connectivity index (χ1) is 17.4. The van der Waals surface area contributed by atoms with E-state index in [1.807, 2.05) is 43.3 Å². The molecule has 2 aromatic heterocycles. The SMILES string of the molecule is Cc1cc(-c2c(C#N)c3ccc(Oc4ncccn4)cc3n2CC2CC2)ccc1NC(=O)OC(C)C. The third kappa shape index (κ3) is 4.86. The summed E-state index contributed by atoms with van der Waals surface area (Å²) in [5, 5.41) is 13.9. The van der Waals surface area contributed by atoms with Crippen LogP contribution in [0.5, 0.6) is 11.8 Å². The number of nitrogens with one attached hydrogen (secondary N) is 1. The van der Waals surface area contributed by atoms with Crippen molar-refractivity contribution >= 4 is 22.7 Å². The normalized spacial score (nSPS) is 13.0. The van der Waals surface area contributed by atoms with E-state index < -0.39 is 6.09 Å². The maximum atomic E-state index is 12.1. The summed E-state index contributed by atoms with van der Waals surface area (Å²) < 4.78 is 13.3. The van der Waals surface area contributed by atoms with Gasteiger partial charge >= 0.3 is 12.1 Å². The molecule has 2 aromatic carbocycles. The fourth-order valence-corrected chi connectivity index (χ4v) is 4.30. The summed E-state index contributed by atoms with van der Waals surface area (Å²) in [5.41, 5.74) is 4.89. The van der Waals surface area contributed by atoms with Gasteiger partial charge in [-0.2, -0.15) is 5.26 Å². The van der Waals surface area contributed by atoms with Gasteiger partial charge in [0, 0.05) is 36.1 Å². The first kappa shape index (κ1) is 23.4. The van der Waals surface area contributed by atoms with E-state index in [4.69, 9.17) is 9.47 Å². The number of aromatic nitrogens is 3. The Morgan fingerprint density at radius 3 is 2.64 bits per heavy atom. The number of rotatable bonds is 7. The number of amides is 1. The minimum Gasteiger partial charge on any atom is -0.447 e. The van der Waals surface area contributed by atoms with Gasteiger partial charge < -0.3 is 14.0 Å². The molecule has 1 aliphatic carbocycles. The Balaban J connectivity index is 1.57. The number of benzene rings is 2. The van der Waals surface area contributed by atoms with E-state index in [1.165, 1.54) is 12.8 Å². The van der Waals surface area contributed by atoms with Gasteiger partial charge in [-0.3, -0.25) is 5.32 Å². The quantitative estimate of drug-likeness (QED) is 0.326. The van der Waals surface area contributed by atoms with Crippen LogP contribution >= 0.6 is 0 Å². The van der Waals surface area contributed by atoms with E-state index >= 15 is 0 Å². The Labute approximate surface area is 209 Å². The van der Waals surface area contributed by atoms with Crippen LogP contribution in [0.25, 0.3) is 22.2 Å². The van der Waals surface area contributed by atoms with Gasteiger partial charge in [0.05, 0.1) is 22.9 Å². The lowest BCUT2D eigenvalue weighted by molar-refractivity contribution is 0.130. The van der Waals surface area contributed by atoms with Crippen LogP contribution in [0.4, 0.5) is 10.5 Å². The van der Waals surface area contributed by atoms with Crippen LogP contribution < -0.4 is 10.1 Å². The van der Waals surface area contributed by atoms with Crippen molar-refractivity contribution in [2.75, 3.05) is 5.32 Å². The molecule has 0 saturated heterocycles. The highest BCUT2D eigenvalue weighted by Crippen LogP contribution is 2.40. The first-order valence-electron chi connectivity index (χ1n) is 12.0. The van der Waals surface area contributed by atoms with Crippen molar-refractivity contribution in [1.29, 1.82) is 5.26 Å². The summed E-state index contributed by atoms with van der Waals surface area (Å²) in [6.45, 7) is 6.36. The molecule has 182 valence electrons. The molecule has 36 heavy (non-hydrogen) atoms. The molecular weight excluding hydrogens is 454 g/mol. The first-order valence-corrected chi connectivity index (χ1v) is 12.0. The molecule has 0 aliphatic heterocycles. The molecule has 2 heterocycles. The Morgan fingerprint density at radius 2 is 1.97 bits per heavy atom. The average molecular weight is 482 g/mol. The zero-order valence-electron chi connectivity index (χ0n) is 20.5. The Bertz CT molecular complexity index is 1470. The lowest BCUT2D eigenvalue weighted by atomic mass is 10.0. The second kappa shape index (κ2) is 9.70. The van der Waals surface area contributed by atoms with Gasteiger partial charge in [-0.1, -0.05) is 6.07 Å². The summed E-state index contributed by atoms with van der Waals surface area (Å²) >= 11 is 0. The summed E-state index contributed by atoms with van der Waals surface area (Å²) in [6.07, 6.45) is 4.92. The van der Waals surface area contributed by atoms with E-state index in [9.17, 15) is 10.1 Å². The highest BCUT2D eigenvalue weighted by molar-refractivity contribution is 5.96. The highest BCUT2D eigenvalue weighted by Gasteiger charge is 2.27. The second-order valence-electron chi connectivity index (χ2n) is 9.31. The molecule has 0 unspecified atom stereocenters. The Hall–Kier alpha value is -4.38. The molecule has 0 bridgehead atoms. The monoisotopic (exact) mass is 481 g/mol. The minimum atomic E-state index is -0.490. The molecule has 1 aliphatic rings. The molecular formula is C28H27N5O3. The topological polar surface area (TPSA) is 102 Å². The van der Waals surface area contributed by atoms with Crippen LogP contribution in [-0.2, 0) is 11.3 Å². The number of carbonyl (C=O) groups is 1. The van der Waals surface area contributed by atoms with Crippen molar-refractivity contribution in [2.24, 2.45) is 5.92 Å². The van der Waals surface area contributed by atoms with E-state index in [2.05, 4.69) is 25.9 Å². The number of fused-ring (bicyclic) bond motifs is 1. The largest absolute Gasteiger partial charge is 0.447 e. The number of nitrogens with zero attached hydrogens (tertiary/aromatic N) is 4. The fraction of sp³-hybridized carbons (Fsp3) is 0.286. The molecule has 1 fully saturated rings. The zero-order chi connectivity index (χ0) is 25.2. The third-order valence-corrected chi connectivity index (χ3v) is 6.12. The number of carbonyl (C=O) groups excluding carboxylic acids is 1. The summed E-state index contributed by atoms with van der Waals surface area (Å²) in [5.74, 6) is 1.19. The minimum absolute atomic E-state index is 0.205. The van der Waals surface area contributed by atoms with Crippen LogP contribution in [0.1, 0.15) is 37.8 Å². The Morgan fingerprint density at radius 1 is 1.19 bits per heavy atom. The second-order valence-corrected chi connectivity index (χ2v) is 9.31. The van der Waals surface area contributed by atoms with Crippen LogP contribution in [0.15, 0.2) is 54.9 Å². The molecule has 1 saturated carbocycles. The summed E-state index contributed by atoms with van der Waals surface area (Å²) in [6, 6.07) is 15.9. The predicted octanol–water partition coefficient (Wildman–Crippen LogP) is 6.44. The number of ether oxygens (including phenoxy) is 2. The standard InChI is InChI=1S/C28H27N5O3/c1-17(2)35-28(34)32-24-10-7-20(13-18(24)3)26-23(15-29)22-9-8-21(36-27-30-11-4-12-31-27)14-25(22)33(26)16-19-5-6-19/h4,7-14,17,19H,5-6,16H2,1-3H3,(H,32,34). The molecule has 1 N–H and O–H groups in total. The highest BCUT2D eigenvalue weighted by atomic mass is 16.6. The van der Waals surface area contributed by atoms with Crippen LogP contribution in [0.3, 0.4) is 0 Å². The molecule has 0 atom stereocenters. The van der Waals surface area contributed by atoms with Gasteiger partial charge in [0.15, 0.2) is 0 Å². The van der Waals surface area contributed by atoms with Crippen molar-refractivity contribution in [3.05, 3.63) is 66.0 Å². The maximum absolute atomic E-state index is 12.1. The number of aryl methyl sites for hydroxylation is 1. The van der Waals surface area contributed by atoms with E-state index in [0.717, 1.165) is 34.3 Å². The molecule has 0 spiro atoms. The molecule has 4 aromatic rings. The molecule has 0 radical (unpaired) electrons. The van der Waals surface area contributed by atoms with Gasteiger partial charge in [-0.25, -0.2) is 14.8 Å². The van der Waals surface area contributed by atoms with Crippen molar-refractivity contribution in [1.82, 2.24) is 14.5 Å². The van der Waals surface area contributed by atoms with E-state index in [1.54, 1.807) is 32.3 Å². The van der Waals surface area contributed by atoms with Gasteiger partial charge in [0.25, 0.3) is 0 Å².